The number of likely N-dealkylation sites (N-methyl/N-ethyl adjacent to an activating group) is 2. The van der Waals surface area contributed by atoms with Gasteiger partial charge in [0.2, 0.25) is 0 Å². The molecule has 3 nitrogen and oxygen atoms in total. The van der Waals surface area contributed by atoms with Crippen LogP contribution < -0.4 is 5.32 Å². The molecule has 1 saturated heterocycles. The van der Waals surface area contributed by atoms with Crippen LogP contribution in [0.15, 0.2) is 18.2 Å². The number of nitrogens with zero attached hydrogens (tertiary/aromatic N) is 2. The molecule has 5 heteroatoms. The summed E-state index contributed by atoms with van der Waals surface area (Å²) < 4.78 is 14.2. The number of rotatable bonds is 5. The lowest BCUT2D eigenvalue weighted by atomic mass is 9.96. The molecule has 1 fully saturated rings. The van der Waals surface area contributed by atoms with Gasteiger partial charge in [-0.05, 0) is 39.2 Å². The minimum Gasteiger partial charge on any atom is -0.310 e. The SMILES string of the molecule is CCNC(CC1CN(C)CCN1C)c1ccc(Cl)cc1F. The van der Waals surface area contributed by atoms with Gasteiger partial charge < -0.3 is 15.1 Å². The average Bonchev–Trinajstić information content (AvgIpc) is 2.42. The van der Waals surface area contributed by atoms with E-state index >= 15 is 0 Å². The Kier molecular flexibility index (Phi) is 5.99. The van der Waals surface area contributed by atoms with E-state index < -0.39 is 0 Å². The topological polar surface area (TPSA) is 18.5 Å². The van der Waals surface area contributed by atoms with Crippen molar-refractivity contribution in [3.63, 3.8) is 0 Å². The summed E-state index contributed by atoms with van der Waals surface area (Å²) in [6.45, 7) is 6.04. The molecule has 2 rings (SSSR count). The number of nitrogens with one attached hydrogen (secondary N) is 1. The van der Waals surface area contributed by atoms with Crippen LogP contribution in [0.25, 0.3) is 0 Å². The zero-order valence-electron chi connectivity index (χ0n) is 13.1. The van der Waals surface area contributed by atoms with Crippen LogP contribution in [0.5, 0.6) is 0 Å². The van der Waals surface area contributed by atoms with Crippen molar-refractivity contribution in [3.8, 4) is 0 Å². The second kappa shape index (κ2) is 7.54. The van der Waals surface area contributed by atoms with E-state index in [1.165, 1.54) is 6.07 Å². The molecular formula is C16H25ClFN3. The van der Waals surface area contributed by atoms with Crippen LogP contribution in [0.4, 0.5) is 4.39 Å². The Labute approximate surface area is 132 Å². The van der Waals surface area contributed by atoms with Crippen LogP contribution in [-0.2, 0) is 0 Å². The second-order valence-corrected chi connectivity index (χ2v) is 6.34. The maximum atomic E-state index is 14.2. The molecule has 1 heterocycles. The molecule has 1 aliphatic rings. The molecule has 0 saturated carbocycles. The number of hydrogen-bond acceptors (Lipinski definition) is 3. The van der Waals surface area contributed by atoms with Gasteiger partial charge in [-0.25, -0.2) is 4.39 Å². The van der Waals surface area contributed by atoms with E-state index in [0.29, 0.717) is 16.6 Å². The smallest absolute Gasteiger partial charge is 0.129 e. The highest BCUT2D eigenvalue weighted by molar-refractivity contribution is 6.30. The first-order valence-electron chi connectivity index (χ1n) is 7.58. The Morgan fingerprint density at radius 2 is 2.14 bits per heavy atom. The van der Waals surface area contributed by atoms with Crippen molar-refractivity contribution in [2.24, 2.45) is 0 Å². The molecule has 0 amide bonds. The van der Waals surface area contributed by atoms with Gasteiger partial charge in [-0.3, -0.25) is 0 Å². The van der Waals surface area contributed by atoms with Crippen LogP contribution >= 0.6 is 11.6 Å². The first-order valence-corrected chi connectivity index (χ1v) is 7.96. The van der Waals surface area contributed by atoms with Crippen molar-refractivity contribution >= 4 is 11.6 Å². The summed E-state index contributed by atoms with van der Waals surface area (Å²) >= 11 is 5.86. The first-order chi connectivity index (χ1) is 10.0. The first kappa shape index (κ1) is 16.7. The number of halogens is 2. The molecular weight excluding hydrogens is 289 g/mol. The van der Waals surface area contributed by atoms with E-state index in [9.17, 15) is 4.39 Å². The molecule has 1 aromatic rings. The standard InChI is InChI=1S/C16H25ClFN3/c1-4-19-16(14-6-5-12(17)9-15(14)18)10-13-11-20(2)7-8-21(13)3/h5-6,9,13,16,19H,4,7-8,10-11H2,1-3H3. The highest BCUT2D eigenvalue weighted by atomic mass is 35.5. The lowest BCUT2D eigenvalue weighted by Gasteiger charge is -2.39. The van der Waals surface area contributed by atoms with Crippen LogP contribution in [0.1, 0.15) is 24.9 Å². The van der Waals surface area contributed by atoms with E-state index in [4.69, 9.17) is 11.6 Å². The number of piperazine rings is 1. The van der Waals surface area contributed by atoms with Gasteiger partial charge in [-0.15, -0.1) is 0 Å². The fraction of sp³-hybridized carbons (Fsp3) is 0.625. The normalized spacial score (nSPS) is 22.4. The highest BCUT2D eigenvalue weighted by Crippen LogP contribution is 2.26. The molecule has 1 aliphatic heterocycles. The maximum absolute atomic E-state index is 14.2. The Balaban J connectivity index is 2.14. The largest absolute Gasteiger partial charge is 0.310 e. The van der Waals surface area contributed by atoms with Crippen molar-refractivity contribution in [1.82, 2.24) is 15.1 Å². The van der Waals surface area contributed by atoms with Crippen LogP contribution in [-0.4, -0.2) is 56.1 Å². The lowest BCUT2D eigenvalue weighted by Crippen LogP contribution is -2.51. The van der Waals surface area contributed by atoms with Crippen LogP contribution in [0.3, 0.4) is 0 Å². The molecule has 0 aromatic heterocycles. The molecule has 0 bridgehead atoms. The number of hydrogen-bond donors (Lipinski definition) is 1. The molecule has 21 heavy (non-hydrogen) atoms. The van der Waals surface area contributed by atoms with Gasteiger partial charge in [0.05, 0.1) is 0 Å². The predicted molar refractivity (Wildman–Crippen MR) is 86.4 cm³/mol. The summed E-state index contributed by atoms with van der Waals surface area (Å²) in [5.74, 6) is -0.222. The van der Waals surface area contributed by atoms with Gasteiger partial charge in [0, 0.05) is 42.3 Å². The van der Waals surface area contributed by atoms with E-state index in [2.05, 4.69) is 36.1 Å². The fourth-order valence-electron chi connectivity index (χ4n) is 2.98. The third-order valence-corrected chi connectivity index (χ3v) is 4.51. The van der Waals surface area contributed by atoms with E-state index in [1.54, 1.807) is 12.1 Å². The lowest BCUT2D eigenvalue weighted by molar-refractivity contribution is 0.101. The predicted octanol–water partition coefficient (Wildman–Crippen LogP) is 2.77. The Morgan fingerprint density at radius 1 is 1.38 bits per heavy atom. The zero-order chi connectivity index (χ0) is 15.4. The summed E-state index contributed by atoms with van der Waals surface area (Å²) in [5, 5.41) is 3.86. The van der Waals surface area contributed by atoms with E-state index in [1.807, 2.05) is 0 Å². The van der Waals surface area contributed by atoms with Crippen molar-refractivity contribution in [2.45, 2.75) is 25.4 Å². The monoisotopic (exact) mass is 313 g/mol. The maximum Gasteiger partial charge on any atom is 0.129 e. The fourth-order valence-corrected chi connectivity index (χ4v) is 3.14. The molecule has 1 N–H and O–H groups in total. The van der Waals surface area contributed by atoms with Crippen LogP contribution in [0.2, 0.25) is 5.02 Å². The average molecular weight is 314 g/mol. The summed E-state index contributed by atoms with van der Waals surface area (Å²) in [6, 6.07) is 5.42. The van der Waals surface area contributed by atoms with Gasteiger partial charge >= 0.3 is 0 Å². The molecule has 0 aliphatic carbocycles. The molecule has 0 spiro atoms. The highest BCUT2D eigenvalue weighted by Gasteiger charge is 2.26. The molecule has 118 valence electrons. The van der Waals surface area contributed by atoms with Gasteiger partial charge in [-0.1, -0.05) is 24.6 Å². The Hall–Kier alpha value is -0.680. The molecule has 0 radical (unpaired) electrons. The minimum absolute atomic E-state index is 0.0196. The Bertz CT molecular complexity index is 469. The van der Waals surface area contributed by atoms with Crippen molar-refractivity contribution in [3.05, 3.63) is 34.6 Å². The van der Waals surface area contributed by atoms with Gasteiger partial charge in [0.1, 0.15) is 5.82 Å². The van der Waals surface area contributed by atoms with Crippen LogP contribution in [0, 0.1) is 5.82 Å². The molecule has 2 unspecified atom stereocenters. The van der Waals surface area contributed by atoms with Crippen molar-refractivity contribution < 1.29 is 4.39 Å². The third kappa shape index (κ3) is 4.39. The number of benzene rings is 1. The van der Waals surface area contributed by atoms with Gasteiger partial charge in [0.25, 0.3) is 0 Å². The quantitative estimate of drug-likeness (QED) is 0.902. The van der Waals surface area contributed by atoms with Crippen molar-refractivity contribution in [2.75, 3.05) is 40.3 Å². The summed E-state index contributed by atoms with van der Waals surface area (Å²) in [5.41, 5.74) is 0.711. The zero-order valence-corrected chi connectivity index (χ0v) is 13.8. The summed E-state index contributed by atoms with van der Waals surface area (Å²) in [4.78, 5) is 4.71. The Morgan fingerprint density at radius 3 is 2.81 bits per heavy atom. The minimum atomic E-state index is -0.222. The molecule has 1 aromatic carbocycles. The summed E-state index contributed by atoms with van der Waals surface area (Å²) in [6.07, 6.45) is 0.896. The third-order valence-electron chi connectivity index (χ3n) is 4.28. The van der Waals surface area contributed by atoms with Gasteiger partial charge in [0.15, 0.2) is 0 Å². The molecule has 2 atom stereocenters. The van der Waals surface area contributed by atoms with E-state index in [-0.39, 0.29) is 11.9 Å². The van der Waals surface area contributed by atoms with Gasteiger partial charge in [-0.2, -0.15) is 0 Å². The second-order valence-electron chi connectivity index (χ2n) is 5.91. The van der Waals surface area contributed by atoms with E-state index in [0.717, 1.165) is 32.6 Å². The van der Waals surface area contributed by atoms with Crippen molar-refractivity contribution in [1.29, 1.82) is 0 Å². The summed E-state index contributed by atoms with van der Waals surface area (Å²) in [7, 11) is 4.30.